The Balaban J connectivity index is 2.74. The first-order valence-electron chi connectivity index (χ1n) is 3.85. The molecule has 0 radical (unpaired) electrons. The van der Waals surface area contributed by atoms with Crippen molar-refractivity contribution < 1.29 is 10.0 Å². The number of benzene rings is 1. The Kier molecular flexibility index (Phi) is 3.08. The second kappa shape index (κ2) is 4.01. The Morgan fingerprint density at radius 1 is 1.36 bits per heavy atom. The van der Waals surface area contributed by atoms with Crippen LogP contribution in [-0.2, 0) is 0 Å². The van der Waals surface area contributed by atoms with Gasteiger partial charge in [-0.3, -0.25) is 0 Å². The second-order valence-corrected chi connectivity index (χ2v) is 5.42. The van der Waals surface area contributed by atoms with Crippen LogP contribution in [0.1, 0.15) is 0 Å². The Morgan fingerprint density at radius 2 is 2.07 bits per heavy atom. The highest BCUT2D eigenvalue weighted by atomic mass is 127. The molecule has 0 saturated heterocycles. The molecule has 6 heteroatoms. The van der Waals surface area contributed by atoms with Crippen molar-refractivity contribution in [2.45, 2.75) is 4.90 Å². The van der Waals surface area contributed by atoms with E-state index >= 15 is 0 Å². The van der Waals surface area contributed by atoms with Gasteiger partial charge in [0, 0.05) is 23.9 Å². The SMILES string of the molecule is OB(O)c1cc2c(S)csc2cc1I. The summed E-state index contributed by atoms with van der Waals surface area (Å²) in [7, 11) is -1.42. The lowest BCUT2D eigenvalue weighted by Crippen LogP contribution is -2.32. The lowest BCUT2D eigenvalue weighted by atomic mass is 9.80. The number of thiophene rings is 1. The quantitative estimate of drug-likeness (QED) is 0.419. The second-order valence-electron chi connectivity index (χ2n) is 2.86. The van der Waals surface area contributed by atoms with Crippen LogP contribution < -0.4 is 5.46 Å². The number of halogens is 1. The predicted octanol–water partition coefficient (Wildman–Crippen LogP) is 1.47. The van der Waals surface area contributed by atoms with Gasteiger partial charge in [0.25, 0.3) is 0 Å². The third-order valence-electron chi connectivity index (χ3n) is 1.95. The van der Waals surface area contributed by atoms with E-state index in [-0.39, 0.29) is 0 Å². The molecule has 72 valence electrons. The molecule has 0 fully saturated rings. The van der Waals surface area contributed by atoms with Crippen molar-refractivity contribution in [3.8, 4) is 0 Å². The van der Waals surface area contributed by atoms with Gasteiger partial charge in [0.05, 0.1) is 0 Å². The number of hydrogen-bond donors (Lipinski definition) is 3. The Morgan fingerprint density at radius 3 is 2.71 bits per heavy atom. The van der Waals surface area contributed by atoms with Crippen molar-refractivity contribution in [3.63, 3.8) is 0 Å². The van der Waals surface area contributed by atoms with Crippen LogP contribution in [0.2, 0.25) is 0 Å². The van der Waals surface area contributed by atoms with E-state index in [0.29, 0.717) is 5.46 Å². The van der Waals surface area contributed by atoms with Gasteiger partial charge >= 0.3 is 7.12 Å². The van der Waals surface area contributed by atoms with Gasteiger partial charge in [-0.2, -0.15) is 0 Å². The highest BCUT2D eigenvalue weighted by Gasteiger charge is 2.16. The average Bonchev–Trinajstić information content (AvgIpc) is 2.46. The maximum absolute atomic E-state index is 9.12. The standard InChI is InChI=1S/C8H6BIO2S2/c10-6-2-8-4(7(13)3-14-8)1-5(6)9(11)12/h1-3,11-13H. The van der Waals surface area contributed by atoms with Crippen LogP contribution in [0.15, 0.2) is 22.4 Å². The predicted molar refractivity (Wildman–Crippen MR) is 71.6 cm³/mol. The summed E-state index contributed by atoms with van der Waals surface area (Å²) in [6.45, 7) is 0. The minimum atomic E-state index is -1.42. The van der Waals surface area contributed by atoms with Crippen LogP contribution in [0, 0.1) is 3.57 Å². The Bertz CT molecular complexity index is 483. The van der Waals surface area contributed by atoms with Crippen molar-refractivity contribution >= 4 is 69.2 Å². The van der Waals surface area contributed by atoms with E-state index in [1.165, 1.54) is 0 Å². The Labute approximate surface area is 105 Å². The van der Waals surface area contributed by atoms with Gasteiger partial charge in [0.1, 0.15) is 0 Å². The maximum atomic E-state index is 9.12. The molecule has 0 aliphatic carbocycles. The zero-order valence-corrected chi connectivity index (χ0v) is 10.8. The third-order valence-corrected chi connectivity index (χ3v) is 4.37. The largest absolute Gasteiger partial charge is 0.489 e. The average molecular weight is 336 g/mol. The molecular formula is C8H6BIO2S2. The van der Waals surface area contributed by atoms with Crippen LogP contribution >= 0.6 is 46.6 Å². The molecule has 14 heavy (non-hydrogen) atoms. The molecule has 0 unspecified atom stereocenters. The molecule has 0 aliphatic heterocycles. The normalized spacial score (nSPS) is 10.9. The van der Waals surface area contributed by atoms with Crippen LogP contribution in [0.4, 0.5) is 0 Å². The molecule has 0 bridgehead atoms. The highest BCUT2D eigenvalue weighted by Crippen LogP contribution is 2.28. The summed E-state index contributed by atoms with van der Waals surface area (Å²) in [5.41, 5.74) is 0.534. The lowest BCUT2D eigenvalue weighted by molar-refractivity contribution is 0.425. The van der Waals surface area contributed by atoms with E-state index in [0.717, 1.165) is 18.6 Å². The molecule has 0 saturated carbocycles. The zero-order chi connectivity index (χ0) is 10.3. The molecule has 2 rings (SSSR count). The third kappa shape index (κ3) is 1.81. The Hall–Kier alpha value is 0.245. The van der Waals surface area contributed by atoms with Gasteiger partial charge in [-0.05, 0) is 34.1 Å². The molecular weight excluding hydrogens is 330 g/mol. The van der Waals surface area contributed by atoms with Crippen molar-refractivity contribution in [2.24, 2.45) is 0 Å². The molecule has 0 spiro atoms. The molecule has 2 nitrogen and oxygen atoms in total. The summed E-state index contributed by atoms with van der Waals surface area (Å²) >= 11 is 7.99. The smallest absolute Gasteiger partial charge is 0.423 e. The van der Waals surface area contributed by atoms with E-state index in [1.54, 1.807) is 17.4 Å². The first kappa shape index (κ1) is 10.8. The van der Waals surface area contributed by atoms with Gasteiger partial charge in [-0.25, -0.2) is 0 Å². The number of hydrogen-bond acceptors (Lipinski definition) is 4. The summed E-state index contributed by atoms with van der Waals surface area (Å²) in [5, 5.41) is 21.2. The lowest BCUT2D eigenvalue weighted by Gasteiger charge is -2.03. The van der Waals surface area contributed by atoms with E-state index in [9.17, 15) is 0 Å². The zero-order valence-electron chi connectivity index (χ0n) is 6.94. The van der Waals surface area contributed by atoms with E-state index in [4.69, 9.17) is 10.0 Å². The van der Waals surface area contributed by atoms with Gasteiger partial charge in [-0.1, -0.05) is 6.07 Å². The van der Waals surface area contributed by atoms with Crippen LogP contribution in [0.3, 0.4) is 0 Å². The molecule has 2 N–H and O–H groups in total. The fraction of sp³-hybridized carbons (Fsp3) is 0. The fourth-order valence-electron chi connectivity index (χ4n) is 1.25. The topological polar surface area (TPSA) is 40.5 Å². The summed E-state index contributed by atoms with van der Waals surface area (Å²) in [6, 6.07) is 3.72. The first-order chi connectivity index (χ1) is 6.59. The van der Waals surface area contributed by atoms with Gasteiger partial charge in [0.15, 0.2) is 0 Å². The molecule has 1 aromatic heterocycles. The summed E-state index contributed by atoms with van der Waals surface area (Å²) in [5.74, 6) is 0. The summed E-state index contributed by atoms with van der Waals surface area (Å²) in [4.78, 5) is 0.878. The van der Waals surface area contributed by atoms with Crippen molar-refractivity contribution in [2.75, 3.05) is 0 Å². The van der Waals surface area contributed by atoms with Crippen LogP contribution in [0.5, 0.6) is 0 Å². The number of fused-ring (bicyclic) bond motifs is 1. The van der Waals surface area contributed by atoms with E-state index in [1.807, 2.05) is 11.4 Å². The van der Waals surface area contributed by atoms with Crippen molar-refractivity contribution in [3.05, 3.63) is 21.1 Å². The van der Waals surface area contributed by atoms with Gasteiger partial charge < -0.3 is 10.0 Å². The van der Waals surface area contributed by atoms with Crippen molar-refractivity contribution in [1.82, 2.24) is 0 Å². The molecule has 1 heterocycles. The van der Waals surface area contributed by atoms with Crippen molar-refractivity contribution in [1.29, 1.82) is 0 Å². The summed E-state index contributed by atoms with van der Waals surface area (Å²) in [6.07, 6.45) is 0. The number of rotatable bonds is 1. The van der Waals surface area contributed by atoms with Gasteiger partial charge in [0.2, 0.25) is 0 Å². The van der Waals surface area contributed by atoms with Crippen LogP contribution in [0.25, 0.3) is 10.1 Å². The minimum absolute atomic E-state index is 0.534. The van der Waals surface area contributed by atoms with Crippen LogP contribution in [-0.4, -0.2) is 17.2 Å². The molecule has 2 aromatic rings. The number of thiol groups is 1. The molecule has 0 atom stereocenters. The molecule has 0 amide bonds. The molecule has 0 aliphatic rings. The molecule has 1 aromatic carbocycles. The maximum Gasteiger partial charge on any atom is 0.489 e. The summed E-state index contributed by atoms with van der Waals surface area (Å²) < 4.78 is 1.98. The highest BCUT2D eigenvalue weighted by molar-refractivity contribution is 14.1. The van der Waals surface area contributed by atoms with Gasteiger partial charge in [-0.15, -0.1) is 24.0 Å². The first-order valence-corrected chi connectivity index (χ1v) is 6.26. The monoisotopic (exact) mass is 336 g/mol. The van der Waals surface area contributed by atoms with E-state index < -0.39 is 7.12 Å². The minimum Gasteiger partial charge on any atom is -0.423 e. The van der Waals surface area contributed by atoms with E-state index in [2.05, 4.69) is 35.2 Å². The fourth-order valence-corrected chi connectivity index (χ4v) is 3.47.